The second-order valence-electron chi connectivity index (χ2n) is 8.58. The molecular formula is C22H29NO3. The van der Waals surface area contributed by atoms with E-state index in [1.807, 2.05) is 23.1 Å². The lowest BCUT2D eigenvalue weighted by atomic mass is 9.77. The number of fused-ring (bicyclic) bond motifs is 1. The molecule has 1 spiro atoms. The van der Waals surface area contributed by atoms with Crippen molar-refractivity contribution >= 4 is 11.9 Å². The fraction of sp³-hybridized carbons (Fsp3) is 0.636. The van der Waals surface area contributed by atoms with Crippen LogP contribution in [-0.2, 0) is 16.0 Å². The Bertz CT molecular complexity index is 682. The first-order chi connectivity index (χ1) is 12.6. The minimum absolute atomic E-state index is 0.0291. The number of aliphatic carboxylic acids is 1. The average molecular weight is 355 g/mol. The number of benzene rings is 1. The highest BCUT2D eigenvalue weighted by Crippen LogP contribution is 2.46. The maximum Gasteiger partial charge on any atom is 0.307 e. The van der Waals surface area contributed by atoms with Gasteiger partial charge in [-0.3, -0.25) is 9.59 Å². The number of carbonyl (C=O) groups is 2. The van der Waals surface area contributed by atoms with Crippen LogP contribution in [0.1, 0.15) is 68.4 Å². The van der Waals surface area contributed by atoms with Gasteiger partial charge in [-0.25, -0.2) is 0 Å². The fourth-order valence-electron chi connectivity index (χ4n) is 5.58. The van der Waals surface area contributed by atoms with Crippen molar-refractivity contribution in [2.45, 2.75) is 63.7 Å². The molecule has 4 rings (SSSR count). The molecule has 1 heterocycles. The van der Waals surface area contributed by atoms with Gasteiger partial charge in [-0.2, -0.15) is 0 Å². The van der Waals surface area contributed by atoms with Gasteiger partial charge in [0.15, 0.2) is 0 Å². The lowest BCUT2D eigenvalue weighted by molar-refractivity contribution is -0.147. The van der Waals surface area contributed by atoms with Crippen molar-refractivity contribution in [3.8, 4) is 0 Å². The molecular weight excluding hydrogens is 326 g/mol. The topological polar surface area (TPSA) is 57.6 Å². The van der Waals surface area contributed by atoms with E-state index in [4.69, 9.17) is 0 Å². The van der Waals surface area contributed by atoms with Gasteiger partial charge in [-0.05, 0) is 61.0 Å². The van der Waals surface area contributed by atoms with Gasteiger partial charge in [-0.15, -0.1) is 0 Å². The Balaban J connectivity index is 1.41. The molecule has 0 bridgehead atoms. The quantitative estimate of drug-likeness (QED) is 0.888. The van der Waals surface area contributed by atoms with E-state index in [0.29, 0.717) is 5.41 Å². The van der Waals surface area contributed by atoms with Crippen molar-refractivity contribution in [1.29, 1.82) is 0 Å². The Morgan fingerprint density at radius 1 is 1.12 bits per heavy atom. The molecule has 0 radical (unpaired) electrons. The predicted molar refractivity (Wildman–Crippen MR) is 100.0 cm³/mol. The summed E-state index contributed by atoms with van der Waals surface area (Å²) in [5, 5.41) is 9.80. The highest BCUT2D eigenvalue weighted by Gasteiger charge is 2.40. The van der Waals surface area contributed by atoms with Crippen molar-refractivity contribution in [3.05, 3.63) is 35.4 Å². The summed E-state index contributed by atoms with van der Waals surface area (Å²) in [5.74, 6) is -1.42. The van der Waals surface area contributed by atoms with E-state index in [1.165, 1.54) is 31.2 Å². The van der Waals surface area contributed by atoms with Crippen molar-refractivity contribution in [2.24, 2.45) is 11.3 Å². The summed E-state index contributed by atoms with van der Waals surface area (Å²) in [4.78, 5) is 26.7. The fourth-order valence-corrected chi connectivity index (χ4v) is 5.58. The first kappa shape index (κ1) is 17.6. The third-order valence-corrected chi connectivity index (χ3v) is 7.22. The lowest BCUT2D eigenvalue weighted by Crippen LogP contribution is -2.43. The van der Waals surface area contributed by atoms with Crippen LogP contribution in [0.15, 0.2) is 24.3 Å². The molecule has 2 aliphatic carbocycles. The number of carbonyl (C=O) groups excluding carboxylic acids is 1. The van der Waals surface area contributed by atoms with Crippen LogP contribution in [-0.4, -0.2) is 35.0 Å². The third kappa shape index (κ3) is 3.26. The van der Waals surface area contributed by atoms with Crippen molar-refractivity contribution in [2.75, 3.05) is 13.1 Å². The number of aryl methyl sites for hydroxylation is 1. The Kier molecular flexibility index (Phi) is 4.76. The number of hydrogen-bond donors (Lipinski definition) is 1. The smallest absolute Gasteiger partial charge is 0.307 e. The normalized spacial score (nSPS) is 25.2. The van der Waals surface area contributed by atoms with Crippen LogP contribution in [0.4, 0.5) is 0 Å². The highest BCUT2D eigenvalue weighted by atomic mass is 16.4. The van der Waals surface area contributed by atoms with Crippen LogP contribution < -0.4 is 0 Å². The maximum absolute atomic E-state index is 12.8. The molecule has 0 aromatic heterocycles. The summed E-state index contributed by atoms with van der Waals surface area (Å²) in [6.07, 6.45) is 9.38. The van der Waals surface area contributed by atoms with E-state index < -0.39 is 11.9 Å². The highest BCUT2D eigenvalue weighted by molar-refractivity contribution is 5.83. The van der Waals surface area contributed by atoms with Gasteiger partial charge in [0.25, 0.3) is 0 Å². The Hall–Kier alpha value is -1.84. The van der Waals surface area contributed by atoms with Gasteiger partial charge < -0.3 is 10.0 Å². The van der Waals surface area contributed by atoms with Crippen molar-refractivity contribution in [3.63, 3.8) is 0 Å². The zero-order chi connectivity index (χ0) is 18.1. The first-order valence-corrected chi connectivity index (χ1v) is 10.2. The SMILES string of the molecule is O=C(O)C(CC(=O)N1CCC2(CCCC2)CC1)[C@H]1CCc2ccccc21. The molecule has 140 valence electrons. The number of amides is 1. The Morgan fingerprint density at radius 2 is 1.81 bits per heavy atom. The van der Waals surface area contributed by atoms with Crippen molar-refractivity contribution in [1.82, 2.24) is 4.90 Å². The molecule has 4 nitrogen and oxygen atoms in total. The zero-order valence-electron chi connectivity index (χ0n) is 15.5. The van der Waals surface area contributed by atoms with E-state index in [2.05, 4.69) is 6.07 Å². The second-order valence-corrected chi connectivity index (χ2v) is 8.58. The number of rotatable bonds is 4. The summed E-state index contributed by atoms with van der Waals surface area (Å²) >= 11 is 0. The maximum atomic E-state index is 12.8. The Labute approximate surface area is 155 Å². The summed E-state index contributed by atoms with van der Waals surface area (Å²) in [6, 6.07) is 8.11. The van der Waals surface area contributed by atoms with Crippen LogP contribution in [0.25, 0.3) is 0 Å². The predicted octanol–water partition coefficient (Wildman–Crippen LogP) is 3.99. The van der Waals surface area contributed by atoms with Crippen molar-refractivity contribution < 1.29 is 14.7 Å². The van der Waals surface area contributed by atoms with Crippen LogP contribution in [0.2, 0.25) is 0 Å². The Morgan fingerprint density at radius 3 is 2.50 bits per heavy atom. The standard InChI is InChI=1S/C22H29NO3/c24-20(23-13-11-22(12-14-23)9-3-4-10-22)15-19(21(25)26)18-8-7-16-5-1-2-6-17(16)18/h1-2,5-6,18-19H,3-4,7-15H2,(H,25,26)/t18-,19?/m0/s1. The van der Waals surface area contributed by atoms with Gasteiger partial charge in [-0.1, -0.05) is 37.1 Å². The molecule has 4 heteroatoms. The van der Waals surface area contributed by atoms with Gasteiger partial charge in [0, 0.05) is 19.5 Å². The summed E-state index contributed by atoms with van der Waals surface area (Å²) in [5.41, 5.74) is 2.86. The van der Waals surface area contributed by atoms with Crippen LogP contribution in [0, 0.1) is 11.3 Å². The lowest BCUT2D eigenvalue weighted by Gasteiger charge is -2.40. The minimum atomic E-state index is -0.829. The number of piperidine rings is 1. The average Bonchev–Trinajstić information content (AvgIpc) is 3.27. The largest absolute Gasteiger partial charge is 0.481 e. The number of nitrogens with zero attached hydrogens (tertiary/aromatic N) is 1. The van der Waals surface area contributed by atoms with Gasteiger partial charge in [0.2, 0.25) is 5.91 Å². The molecule has 1 aliphatic heterocycles. The molecule has 1 saturated carbocycles. The van der Waals surface area contributed by atoms with E-state index >= 15 is 0 Å². The summed E-state index contributed by atoms with van der Waals surface area (Å²) < 4.78 is 0. The molecule has 26 heavy (non-hydrogen) atoms. The molecule has 1 aromatic carbocycles. The molecule has 3 aliphatic rings. The number of carboxylic acids is 1. The molecule has 1 N–H and O–H groups in total. The molecule has 2 fully saturated rings. The van der Waals surface area contributed by atoms with E-state index in [0.717, 1.165) is 44.3 Å². The first-order valence-electron chi connectivity index (χ1n) is 10.2. The second kappa shape index (κ2) is 7.05. The summed E-state index contributed by atoms with van der Waals surface area (Å²) in [7, 11) is 0. The van der Waals surface area contributed by atoms with Crippen LogP contribution in [0.5, 0.6) is 0 Å². The number of carboxylic acid groups (broad SMARTS) is 1. The van der Waals surface area contributed by atoms with E-state index in [1.54, 1.807) is 0 Å². The van der Waals surface area contributed by atoms with Gasteiger partial charge >= 0.3 is 5.97 Å². The number of likely N-dealkylation sites (tertiary alicyclic amines) is 1. The summed E-state index contributed by atoms with van der Waals surface area (Å²) in [6.45, 7) is 1.62. The molecule has 2 atom stereocenters. The van der Waals surface area contributed by atoms with E-state index in [-0.39, 0.29) is 18.2 Å². The minimum Gasteiger partial charge on any atom is -0.481 e. The molecule has 1 aromatic rings. The molecule has 1 saturated heterocycles. The zero-order valence-corrected chi connectivity index (χ0v) is 15.5. The van der Waals surface area contributed by atoms with Crippen LogP contribution >= 0.6 is 0 Å². The monoisotopic (exact) mass is 355 g/mol. The third-order valence-electron chi connectivity index (χ3n) is 7.22. The van der Waals surface area contributed by atoms with E-state index in [9.17, 15) is 14.7 Å². The van der Waals surface area contributed by atoms with Crippen LogP contribution in [0.3, 0.4) is 0 Å². The number of hydrogen-bond acceptors (Lipinski definition) is 2. The van der Waals surface area contributed by atoms with Gasteiger partial charge in [0.05, 0.1) is 5.92 Å². The van der Waals surface area contributed by atoms with Gasteiger partial charge in [0.1, 0.15) is 0 Å². The molecule has 1 unspecified atom stereocenters. The molecule has 1 amide bonds.